The van der Waals surface area contributed by atoms with Crippen molar-refractivity contribution in [2.24, 2.45) is 7.05 Å². The Morgan fingerprint density at radius 1 is 1.24 bits per heavy atom. The lowest BCUT2D eigenvalue weighted by atomic mass is 10.1. The molecule has 0 N–H and O–H groups in total. The Morgan fingerprint density at radius 2 is 1.96 bits per heavy atom. The molecule has 2 heterocycles. The standard InChI is InChI=1S/C19H20FN3OS/c1-13-18(14(2)22(3)21-13)11-19(24)23(12-17-5-4-10-25-17)16-8-6-15(20)7-9-16/h4-10H,11-12H2,1-3H3. The molecule has 0 saturated carbocycles. The van der Waals surface area contributed by atoms with Gasteiger partial charge >= 0.3 is 0 Å². The van der Waals surface area contributed by atoms with Crippen LogP contribution < -0.4 is 4.90 Å². The summed E-state index contributed by atoms with van der Waals surface area (Å²) in [5.41, 5.74) is 3.49. The Kier molecular flexibility index (Phi) is 4.99. The first-order valence-corrected chi connectivity index (χ1v) is 8.91. The van der Waals surface area contributed by atoms with E-state index in [1.54, 1.807) is 33.1 Å². The topological polar surface area (TPSA) is 38.1 Å². The number of carbonyl (C=O) groups excluding carboxylic acids is 1. The molecule has 0 radical (unpaired) electrons. The van der Waals surface area contributed by atoms with Crippen molar-refractivity contribution in [3.63, 3.8) is 0 Å². The van der Waals surface area contributed by atoms with Crippen LogP contribution in [0.2, 0.25) is 0 Å². The molecule has 0 unspecified atom stereocenters. The van der Waals surface area contributed by atoms with Crippen LogP contribution in [0.4, 0.5) is 10.1 Å². The third-order valence-corrected chi connectivity index (χ3v) is 5.18. The molecular weight excluding hydrogens is 337 g/mol. The molecular formula is C19H20FN3OS. The fourth-order valence-corrected chi connectivity index (χ4v) is 3.52. The van der Waals surface area contributed by atoms with Gasteiger partial charge in [0, 0.05) is 28.9 Å². The van der Waals surface area contributed by atoms with E-state index in [1.807, 2.05) is 38.4 Å². The van der Waals surface area contributed by atoms with E-state index in [0.717, 1.165) is 21.8 Å². The highest BCUT2D eigenvalue weighted by molar-refractivity contribution is 7.09. The van der Waals surface area contributed by atoms with Gasteiger partial charge in [-0.15, -0.1) is 11.3 Å². The summed E-state index contributed by atoms with van der Waals surface area (Å²) in [6.07, 6.45) is 0.272. The zero-order chi connectivity index (χ0) is 18.0. The van der Waals surface area contributed by atoms with Crippen molar-refractivity contribution in [2.45, 2.75) is 26.8 Å². The number of anilines is 1. The van der Waals surface area contributed by atoms with Gasteiger partial charge in [0.1, 0.15) is 5.82 Å². The number of nitrogens with zero attached hydrogens (tertiary/aromatic N) is 3. The lowest BCUT2D eigenvalue weighted by Gasteiger charge is -2.22. The van der Waals surface area contributed by atoms with E-state index in [9.17, 15) is 9.18 Å². The van der Waals surface area contributed by atoms with Gasteiger partial charge in [-0.1, -0.05) is 6.07 Å². The monoisotopic (exact) mass is 357 g/mol. The molecule has 0 aliphatic carbocycles. The van der Waals surface area contributed by atoms with Crippen molar-refractivity contribution in [3.8, 4) is 0 Å². The number of hydrogen-bond acceptors (Lipinski definition) is 3. The molecule has 2 aromatic heterocycles. The zero-order valence-electron chi connectivity index (χ0n) is 14.5. The summed E-state index contributed by atoms with van der Waals surface area (Å²) in [6.45, 7) is 4.35. The number of carbonyl (C=O) groups is 1. The highest BCUT2D eigenvalue weighted by Crippen LogP contribution is 2.22. The summed E-state index contributed by atoms with van der Waals surface area (Å²) in [4.78, 5) is 15.8. The normalized spacial score (nSPS) is 10.9. The first kappa shape index (κ1) is 17.4. The van der Waals surface area contributed by atoms with E-state index in [-0.39, 0.29) is 18.1 Å². The summed E-state index contributed by atoms with van der Waals surface area (Å²) >= 11 is 1.60. The van der Waals surface area contributed by atoms with Crippen LogP contribution in [-0.2, 0) is 24.8 Å². The quantitative estimate of drug-likeness (QED) is 0.692. The number of thiophene rings is 1. The minimum atomic E-state index is -0.314. The lowest BCUT2D eigenvalue weighted by molar-refractivity contribution is -0.118. The maximum Gasteiger partial charge on any atom is 0.231 e. The van der Waals surface area contributed by atoms with E-state index in [0.29, 0.717) is 12.2 Å². The predicted octanol–water partition coefficient (Wildman–Crippen LogP) is 4.01. The van der Waals surface area contributed by atoms with Crippen LogP contribution in [0.25, 0.3) is 0 Å². The van der Waals surface area contributed by atoms with Gasteiger partial charge in [0.25, 0.3) is 0 Å². The molecule has 1 amide bonds. The van der Waals surface area contributed by atoms with Crippen molar-refractivity contribution in [1.29, 1.82) is 0 Å². The lowest BCUT2D eigenvalue weighted by Crippen LogP contribution is -2.31. The van der Waals surface area contributed by atoms with Gasteiger partial charge < -0.3 is 4.90 Å². The molecule has 0 spiro atoms. The van der Waals surface area contributed by atoms with Crippen LogP contribution in [0.15, 0.2) is 41.8 Å². The Morgan fingerprint density at radius 3 is 2.52 bits per heavy atom. The molecule has 0 fully saturated rings. The Bertz CT molecular complexity index is 869. The van der Waals surface area contributed by atoms with Crippen LogP contribution in [0.3, 0.4) is 0 Å². The van der Waals surface area contributed by atoms with E-state index < -0.39 is 0 Å². The van der Waals surface area contributed by atoms with Crippen LogP contribution in [0.1, 0.15) is 21.8 Å². The summed E-state index contributed by atoms with van der Waals surface area (Å²) in [5, 5.41) is 6.37. The molecule has 3 aromatic rings. The zero-order valence-corrected chi connectivity index (χ0v) is 15.3. The summed E-state index contributed by atoms with van der Waals surface area (Å²) in [5.74, 6) is -0.342. The fourth-order valence-electron chi connectivity index (χ4n) is 2.82. The van der Waals surface area contributed by atoms with Crippen molar-refractivity contribution in [2.75, 3.05) is 4.90 Å². The van der Waals surface area contributed by atoms with Crippen LogP contribution >= 0.6 is 11.3 Å². The summed E-state index contributed by atoms with van der Waals surface area (Å²) in [7, 11) is 1.87. The number of rotatable bonds is 5. The molecule has 0 atom stereocenters. The predicted molar refractivity (Wildman–Crippen MR) is 98.3 cm³/mol. The molecule has 3 rings (SSSR count). The minimum Gasteiger partial charge on any atom is -0.307 e. The van der Waals surface area contributed by atoms with Gasteiger partial charge in [0.2, 0.25) is 5.91 Å². The van der Waals surface area contributed by atoms with E-state index in [1.165, 1.54) is 12.1 Å². The number of amides is 1. The SMILES string of the molecule is Cc1nn(C)c(C)c1CC(=O)N(Cc1cccs1)c1ccc(F)cc1. The average molecular weight is 357 g/mol. The smallest absolute Gasteiger partial charge is 0.231 e. The highest BCUT2D eigenvalue weighted by atomic mass is 32.1. The van der Waals surface area contributed by atoms with E-state index >= 15 is 0 Å². The van der Waals surface area contributed by atoms with Gasteiger partial charge in [0.05, 0.1) is 18.7 Å². The minimum absolute atomic E-state index is 0.0285. The second kappa shape index (κ2) is 7.19. The van der Waals surface area contributed by atoms with E-state index in [4.69, 9.17) is 0 Å². The van der Waals surface area contributed by atoms with Gasteiger partial charge in [-0.25, -0.2) is 4.39 Å². The molecule has 0 bridgehead atoms. The second-order valence-electron chi connectivity index (χ2n) is 5.99. The number of benzene rings is 1. The van der Waals surface area contributed by atoms with E-state index in [2.05, 4.69) is 5.10 Å². The van der Waals surface area contributed by atoms with Gasteiger partial charge in [0.15, 0.2) is 0 Å². The molecule has 0 aliphatic heterocycles. The maximum absolute atomic E-state index is 13.3. The van der Waals surface area contributed by atoms with Gasteiger partial charge in [-0.05, 0) is 49.6 Å². The van der Waals surface area contributed by atoms with Crippen molar-refractivity contribution >= 4 is 22.9 Å². The molecule has 25 heavy (non-hydrogen) atoms. The van der Waals surface area contributed by atoms with Crippen molar-refractivity contribution < 1.29 is 9.18 Å². The van der Waals surface area contributed by atoms with Crippen LogP contribution in [0, 0.1) is 19.7 Å². The maximum atomic E-state index is 13.3. The molecule has 0 saturated heterocycles. The van der Waals surface area contributed by atoms with Crippen LogP contribution in [-0.4, -0.2) is 15.7 Å². The van der Waals surface area contributed by atoms with Crippen LogP contribution in [0.5, 0.6) is 0 Å². The first-order chi connectivity index (χ1) is 12.0. The first-order valence-electron chi connectivity index (χ1n) is 8.03. The third-order valence-electron chi connectivity index (χ3n) is 4.32. The fraction of sp³-hybridized carbons (Fsp3) is 0.263. The highest BCUT2D eigenvalue weighted by Gasteiger charge is 2.21. The Balaban J connectivity index is 1.90. The molecule has 6 heteroatoms. The third kappa shape index (κ3) is 3.79. The number of aryl methyl sites for hydroxylation is 2. The van der Waals surface area contributed by atoms with Gasteiger partial charge in [-0.3, -0.25) is 9.48 Å². The molecule has 1 aromatic carbocycles. The molecule has 130 valence electrons. The number of hydrogen-bond donors (Lipinski definition) is 0. The second-order valence-corrected chi connectivity index (χ2v) is 7.02. The summed E-state index contributed by atoms with van der Waals surface area (Å²) < 4.78 is 15.1. The number of aromatic nitrogens is 2. The average Bonchev–Trinajstić information content (AvgIpc) is 3.18. The Labute approximate surface area is 150 Å². The largest absolute Gasteiger partial charge is 0.307 e. The number of halogens is 1. The molecule has 0 aliphatic rings. The summed E-state index contributed by atoms with van der Waals surface area (Å²) in [6, 6.07) is 10.0. The molecule has 4 nitrogen and oxygen atoms in total. The Hall–Kier alpha value is -2.47. The van der Waals surface area contributed by atoms with Gasteiger partial charge in [-0.2, -0.15) is 5.10 Å². The van der Waals surface area contributed by atoms with Crippen molar-refractivity contribution in [1.82, 2.24) is 9.78 Å². The van der Waals surface area contributed by atoms with Crippen molar-refractivity contribution in [3.05, 3.63) is 69.4 Å².